The van der Waals surface area contributed by atoms with Gasteiger partial charge < -0.3 is 10.6 Å². The maximum Gasteiger partial charge on any atom is 0.146 e. The number of hydrogen-bond donors (Lipinski definition) is 1. The summed E-state index contributed by atoms with van der Waals surface area (Å²) in [4.78, 5) is 1.98. The van der Waals surface area contributed by atoms with E-state index in [-0.39, 0.29) is 5.82 Å². The van der Waals surface area contributed by atoms with E-state index in [9.17, 15) is 4.39 Å². The van der Waals surface area contributed by atoms with Crippen LogP contribution in [0.2, 0.25) is 0 Å². The normalized spacial score (nSPS) is 10.5. The summed E-state index contributed by atoms with van der Waals surface area (Å²) in [5, 5.41) is 0. The van der Waals surface area contributed by atoms with E-state index in [1.807, 2.05) is 36.1 Å². The van der Waals surface area contributed by atoms with Crippen LogP contribution in [-0.2, 0) is 6.54 Å². The highest BCUT2D eigenvalue weighted by Gasteiger charge is 2.10. The van der Waals surface area contributed by atoms with Gasteiger partial charge in [-0.15, -0.1) is 0 Å². The molecule has 2 N–H and O–H groups in total. The molecule has 2 nitrogen and oxygen atoms in total. The molecular formula is C15H16BrFN2. The fourth-order valence-corrected chi connectivity index (χ4v) is 2.23. The third-order valence-corrected chi connectivity index (χ3v) is 3.73. The van der Waals surface area contributed by atoms with Crippen LogP contribution >= 0.6 is 15.9 Å². The SMILES string of the molecule is CCN(Cc1ccc(Br)c(N)c1)c1ccccc1F. The molecule has 0 fully saturated rings. The van der Waals surface area contributed by atoms with Crippen molar-refractivity contribution in [2.45, 2.75) is 13.5 Å². The number of benzene rings is 2. The minimum absolute atomic E-state index is 0.200. The fraction of sp³-hybridized carbons (Fsp3) is 0.200. The zero-order valence-corrected chi connectivity index (χ0v) is 12.3. The maximum absolute atomic E-state index is 13.8. The second-order valence-electron chi connectivity index (χ2n) is 4.32. The van der Waals surface area contributed by atoms with Gasteiger partial charge in [0.1, 0.15) is 5.82 Å². The van der Waals surface area contributed by atoms with Crippen LogP contribution in [0.25, 0.3) is 0 Å². The van der Waals surface area contributed by atoms with Crippen LogP contribution in [0.5, 0.6) is 0 Å². The van der Waals surface area contributed by atoms with Crippen molar-refractivity contribution in [3.05, 3.63) is 58.3 Å². The van der Waals surface area contributed by atoms with Crippen molar-refractivity contribution in [1.29, 1.82) is 0 Å². The monoisotopic (exact) mass is 322 g/mol. The summed E-state index contributed by atoms with van der Waals surface area (Å²) in [7, 11) is 0. The fourth-order valence-electron chi connectivity index (χ4n) is 1.99. The Morgan fingerprint density at radius 1 is 1.21 bits per heavy atom. The van der Waals surface area contributed by atoms with Crippen LogP contribution in [0.1, 0.15) is 12.5 Å². The highest BCUT2D eigenvalue weighted by atomic mass is 79.9. The summed E-state index contributed by atoms with van der Waals surface area (Å²) in [6, 6.07) is 12.6. The Labute approximate surface area is 121 Å². The molecule has 0 aliphatic rings. The summed E-state index contributed by atoms with van der Waals surface area (Å²) in [5.41, 5.74) is 8.24. The van der Waals surface area contributed by atoms with Crippen molar-refractivity contribution < 1.29 is 4.39 Å². The molecule has 100 valence electrons. The van der Waals surface area contributed by atoms with Crippen molar-refractivity contribution in [1.82, 2.24) is 0 Å². The van der Waals surface area contributed by atoms with E-state index in [1.165, 1.54) is 6.07 Å². The number of rotatable bonds is 4. The van der Waals surface area contributed by atoms with Gasteiger partial charge in [0.2, 0.25) is 0 Å². The molecule has 0 atom stereocenters. The third-order valence-electron chi connectivity index (χ3n) is 3.01. The van der Waals surface area contributed by atoms with Crippen LogP contribution in [0.15, 0.2) is 46.9 Å². The number of hydrogen-bond acceptors (Lipinski definition) is 2. The molecule has 0 radical (unpaired) electrons. The van der Waals surface area contributed by atoms with Crippen LogP contribution in [0, 0.1) is 5.82 Å². The van der Waals surface area contributed by atoms with Gasteiger partial charge in [0.25, 0.3) is 0 Å². The standard InChI is InChI=1S/C15H16BrFN2/c1-2-19(15-6-4-3-5-13(15)17)10-11-7-8-12(16)14(18)9-11/h3-9H,2,10,18H2,1H3. The molecule has 0 spiro atoms. The molecular weight excluding hydrogens is 307 g/mol. The topological polar surface area (TPSA) is 29.3 Å². The Morgan fingerprint density at radius 3 is 2.58 bits per heavy atom. The Bertz CT molecular complexity index is 572. The van der Waals surface area contributed by atoms with Crippen LogP contribution in [-0.4, -0.2) is 6.54 Å². The van der Waals surface area contributed by atoms with Crippen LogP contribution in [0.4, 0.5) is 15.8 Å². The first-order valence-corrected chi connectivity index (χ1v) is 6.94. The minimum atomic E-state index is -0.200. The molecule has 0 aliphatic heterocycles. The third kappa shape index (κ3) is 3.26. The molecule has 2 aromatic rings. The van der Waals surface area contributed by atoms with Gasteiger partial charge in [-0.3, -0.25) is 0 Å². The van der Waals surface area contributed by atoms with E-state index in [0.717, 1.165) is 16.6 Å². The summed E-state index contributed by atoms with van der Waals surface area (Å²) in [5.74, 6) is -0.200. The molecule has 2 rings (SSSR count). The Hall–Kier alpha value is -1.55. The number of anilines is 2. The molecule has 0 bridgehead atoms. The van der Waals surface area contributed by atoms with Gasteiger partial charge in [0, 0.05) is 23.2 Å². The van der Waals surface area contributed by atoms with Crippen molar-refractivity contribution in [2.24, 2.45) is 0 Å². The minimum Gasteiger partial charge on any atom is -0.398 e. The Kier molecular flexibility index (Phi) is 4.43. The van der Waals surface area contributed by atoms with E-state index in [2.05, 4.69) is 15.9 Å². The number of nitrogens with zero attached hydrogens (tertiary/aromatic N) is 1. The molecule has 2 aromatic carbocycles. The quantitative estimate of drug-likeness (QED) is 0.855. The maximum atomic E-state index is 13.8. The van der Waals surface area contributed by atoms with E-state index in [4.69, 9.17) is 5.73 Å². The van der Waals surface area contributed by atoms with Gasteiger partial charge in [-0.1, -0.05) is 18.2 Å². The van der Waals surface area contributed by atoms with Gasteiger partial charge in [-0.2, -0.15) is 0 Å². The number of nitrogens with two attached hydrogens (primary N) is 1. The molecule has 0 aromatic heterocycles. The Morgan fingerprint density at radius 2 is 1.95 bits per heavy atom. The first-order chi connectivity index (χ1) is 9.11. The molecule has 0 heterocycles. The van der Waals surface area contributed by atoms with Gasteiger partial charge in [-0.05, 0) is 52.7 Å². The van der Waals surface area contributed by atoms with Crippen molar-refractivity contribution >= 4 is 27.3 Å². The number of halogens is 2. The second kappa shape index (κ2) is 6.06. The predicted octanol–water partition coefficient (Wildman–Crippen LogP) is 4.20. The van der Waals surface area contributed by atoms with Crippen molar-refractivity contribution in [3.63, 3.8) is 0 Å². The molecule has 0 saturated heterocycles. The lowest BCUT2D eigenvalue weighted by Gasteiger charge is -2.24. The van der Waals surface area contributed by atoms with Gasteiger partial charge in [0.15, 0.2) is 0 Å². The van der Waals surface area contributed by atoms with E-state index >= 15 is 0 Å². The lowest BCUT2D eigenvalue weighted by molar-refractivity contribution is 0.618. The van der Waals surface area contributed by atoms with Crippen molar-refractivity contribution in [3.8, 4) is 0 Å². The van der Waals surface area contributed by atoms with Gasteiger partial charge >= 0.3 is 0 Å². The van der Waals surface area contributed by atoms with Crippen LogP contribution in [0.3, 0.4) is 0 Å². The predicted molar refractivity (Wildman–Crippen MR) is 81.7 cm³/mol. The second-order valence-corrected chi connectivity index (χ2v) is 5.18. The van der Waals surface area contributed by atoms with Crippen LogP contribution < -0.4 is 10.6 Å². The summed E-state index contributed by atoms with van der Waals surface area (Å²) in [6.45, 7) is 3.38. The van der Waals surface area contributed by atoms with Gasteiger partial charge in [-0.25, -0.2) is 4.39 Å². The number of nitrogen functional groups attached to an aromatic ring is 1. The number of para-hydroxylation sites is 1. The molecule has 19 heavy (non-hydrogen) atoms. The van der Waals surface area contributed by atoms with Gasteiger partial charge in [0.05, 0.1) is 5.69 Å². The first kappa shape index (κ1) is 13.9. The summed E-state index contributed by atoms with van der Waals surface area (Å²) in [6.07, 6.45) is 0. The molecule has 4 heteroatoms. The molecule has 0 aliphatic carbocycles. The first-order valence-electron chi connectivity index (χ1n) is 6.15. The lowest BCUT2D eigenvalue weighted by Crippen LogP contribution is -2.23. The average molecular weight is 323 g/mol. The lowest BCUT2D eigenvalue weighted by atomic mass is 10.1. The average Bonchev–Trinajstić information content (AvgIpc) is 2.41. The highest BCUT2D eigenvalue weighted by Crippen LogP contribution is 2.24. The largest absolute Gasteiger partial charge is 0.398 e. The molecule has 0 saturated carbocycles. The smallest absolute Gasteiger partial charge is 0.146 e. The molecule has 0 unspecified atom stereocenters. The zero-order valence-electron chi connectivity index (χ0n) is 10.7. The van der Waals surface area contributed by atoms with Crippen molar-refractivity contribution in [2.75, 3.05) is 17.2 Å². The zero-order chi connectivity index (χ0) is 13.8. The molecule has 0 amide bonds. The Balaban J connectivity index is 2.24. The van der Waals surface area contributed by atoms with E-state index in [0.29, 0.717) is 17.9 Å². The summed E-state index contributed by atoms with van der Waals surface area (Å²) >= 11 is 3.37. The summed E-state index contributed by atoms with van der Waals surface area (Å²) < 4.78 is 14.7. The van der Waals surface area contributed by atoms with E-state index < -0.39 is 0 Å². The van der Waals surface area contributed by atoms with E-state index in [1.54, 1.807) is 12.1 Å². The highest BCUT2D eigenvalue weighted by molar-refractivity contribution is 9.10.